The Morgan fingerprint density at radius 3 is 2.74 bits per heavy atom. The van der Waals surface area contributed by atoms with Gasteiger partial charge >= 0.3 is 6.18 Å². The zero-order chi connectivity index (χ0) is 25.1. The van der Waals surface area contributed by atoms with Crippen molar-refractivity contribution in [3.8, 4) is 28.8 Å². The fourth-order valence-electron chi connectivity index (χ4n) is 4.76. The number of hydrogen-bond acceptors (Lipinski definition) is 6. The van der Waals surface area contributed by atoms with Crippen LogP contribution >= 0.6 is 12.2 Å². The molecule has 12 heteroatoms. The maximum atomic E-state index is 13.7. The number of ether oxygens (including phenoxy) is 3. The molecule has 0 aliphatic carbocycles. The van der Waals surface area contributed by atoms with E-state index in [0.29, 0.717) is 35.8 Å². The minimum atomic E-state index is -4.62. The number of alkyl halides is 3. The molecule has 3 heterocycles. The molecule has 0 fully saturated rings. The van der Waals surface area contributed by atoms with Gasteiger partial charge in [0.25, 0.3) is 5.56 Å². The number of quaternary nitrogens is 1. The van der Waals surface area contributed by atoms with E-state index in [-0.39, 0.29) is 22.8 Å². The molecule has 2 atom stereocenters. The van der Waals surface area contributed by atoms with E-state index in [1.807, 2.05) is 7.05 Å². The molecule has 35 heavy (non-hydrogen) atoms. The fraction of sp³-hybridized carbons (Fsp3) is 0.304. The molecule has 0 saturated heterocycles. The number of halogens is 3. The number of likely N-dealkylation sites (N-methyl/N-ethyl adjacent to an activating group) is 1. The summed E-state index contributed by atoms with van der Waals surface area (Å²) < 4.78 is 57.3. The van der Waals surface area contributed by atoms with Gasteiger partial charge in [-0.1, -0.05) is 6.07 Å². The summed E-state index contributed by atoms with van der Waals surface area (Å²) in [5, 5.41) is 13.7. The molecule has 0 radical (unpaired) electrons. The second-order valence-electron chi connectivity index (χ2n) is 8.36. The Hall–Kier alpha value is -3.51. The fourth-order valence-corrected chi connectivity index (χ4v) is 5.04. The molecule has 2 N–H and O–H groups in total. The van der Waals surface area contributed by atoms with Crippen molar-refractivity contribution in [3.63, 3.8) is 0 Å². The van der Waals surface area contributed by atoms with Crippen LogP contribution in [0.3, 0.4) is 0 Å². The lowest BCUT2D eigenvalue weighted by Gasteiger charge is -2.35. The van der Waals surface area contributed by atoms with E-state index < -0.39 is 29.2 Å². The smallest absolute Gasteiger partial charge is 0.416 e. The number of hydrogen-bond donors (Lipinski definition) is 2. The molecule has 2 aromatic carbocycles. The highest BCUT2D eigenvalue weighted by Gasteiger charge is 2.39. The average Bonchev–Trinajstić information content (AvgIpc) is 3.26. The highest BCUT2D eigenvalue weighted by atomic mass is 32.1. The van der Waals surface area contributed by atoms with E-state index in [9.17, 15) is 23.1 Å². The van der Waals surface area contributed by atoms with Crippen molar-refractivity contribution >= 4 is 12.2 Å². The zero-order valence-electron chi connectivity index (χ0n) is 18.6. The summed E-state index contributed by atoms with van der Waals surface area (Å²) in [6, 6.07) is 5.25. The van der Waals surface area contributed by atoms with Crippen LogP contribution in [0.15, 0.2) is 35.1 Å². The monoisotopic (exact) mass is 507 g/mol. The summed E-state index contributed by atoms with van der Waals surface area (Å²) in [5.74, 6) is 0.441. The van der Waals surface area contributed by atoms with Crippen LogP contribution in [0.5, 0.6) is 23.1 Å². The van der Waals surface area contributed by atoms with Gasteiger partial charge in [0.05, 0.1) is 37.4 Å². The van der Waals surface area contributed by atoms with E-state index in [2.05, 4.69) is 4.98 Å². The number of aromatic amines is 1. The van der Waals surface area contributed by atoms with Crippen molar-refractivity contribution in [1.82, 2.24) is 9.55 Å². The number of nitrogens with zero attached hydrogens (tertiary/aromatic N) is 1. The Bertz CT molecular complexity index is 1450. The average molecular weight is 507 g/mol. The van der Waals surface area contributed by atoms with E-state index in [1.54, 1.807) is 6.07 Å². The van der Waals surface area contributed by atoms with Crippen molar-refractivity contribution < 1.29 is 37.4 Å². The van der Waals surface area contributed by atoms with E-state index >= 15 is 0 Å². The van der Waals surface area contributed by atoms with Crippen LogP contribution in [-0.2, 0) is 12.6 Å². The van der Waals surface area contributed by atoms with Crippen LogP contribution in [0.4, 0.5) is 13.2 Å². The summed E-state index contributed by atoms with van der Waals surface area (Å²) in [4.78, 5) is 16.4. The maximum absolute atomic E-state index is 13.7. The molecular formula is C23H20F3N3O5S. The van der Waals surface area contributed by atoms with Crippen LogP contribution in [0, 0.1) is 4.77 Å². The minimum absolute atomic E-state index is 0.00946. The maximum Gasteiger partial charge on any atom is 0.416 e. The van der Waals surface area contributed by atoms with Crippen molar-refractivity contribution in [2.24, 2.45) is 0 Å². The summed E-state index contributed by atoms with van der Waals surface area (Å²) in [7, 11) is 3.28. The Morgan fingerprint density at radius 2 is 2.03 bits per heavy atom. The first-order chi connectivity index (χ1) is 16.6. The minimum Gasteiger partial charge on any atom is -0.859 e. The molecular weight excluding hydrogens is 487 g/mol. The summed E-state index contributed by atoms with van der Waals surface area (Å²) >= 11 is 5.19. The number of methoxy groups -OCH3 is 1. The molecule has 8 nitrogen and oxygen atoms in total. The van der Waals surface area contributed by atoms with Crippen LogP contribution < -0.4 is 29.8 Å². The van der Waals surface area contributed by atoms with Gasteiger partial charge in [0.2, 0.25) is 12.5 Å². The number of fused-ring (bicyclic) bond motifs is 2. The lowest BCUT2D eigenvalue weighted by atomic mass is 9.87. The van der Waals surface area contributed by atoms with Gasteiger partial charge in [-0.15, -0.1) is 0 Å². The Kier molecular flexibility index (Phi) is 5.52. The number of aromatic nitrogens is 2. The summed E-state index contributed by atoms with van der Waals surface area (Å²) in [6.45, 7) is 0.591. The molecule has 184 valence electrons. The third-order valence-corrected chi connectivity index (χ3v) is 6.62. The Labute approximate surface area is 202 Å². The van der Waals surface area contributed by atoms with Gasteiger partial charge < -0.3 is 28.8 Å². The van der Waals surface area contributed by atoms with Gasteiger partial charge in [-0.2, -0.15) is 13.2 Å². The third kappa shape index (κ3) is 3.73. The lowest BCUT2D eigenvalue weighted by molar-refractivity contribution is -0.908. The van der Waals surface area contributed by atoms with E-state index in [0.717, 1.165) is 27.2 Å². The first-order valence-corrected chi connectivity index (χ1v) is 11.1. The molecule has 0 amide bonds. The highest BCUT2D eigenvalue weighted by molar-refractivity contribution is 7.71. The van der Waals surface area contributed by atoms with Gasteiger partial charge in [0, 0.05) is 12.1 Å². The topological polar surface area (TPSA) is 93.0 Å². The van der Waals surface area contributed by atoms with Gasteiger partial charge in [-0.25, -0.2) is 0 Å². The van der Waals surface area contributed by atoms with Crippen molar-refractivity contribution in [2.75, 3.05) is 27.5 Å². The number of nitrogens with one attached hydrogen (secondary N) is 2. The quantitative estimate of drug-likeness (QED) is 0.526. The molecule has 5 rings (SSSR count). The van der Waals surface area contributed by atoms with Crippen molar-refractivity contribution in [3.05, 3.63) is 67.7 Å². The van der Waals surface area contributed by atoms with E-state index in [1.165, 1.54) is 19.2 Å². The first-order valence-electron chi connectivity index (χ1n) is 10.7. The van der Waals surface area contributed by atoms with Crippen LogP contribution in [-0.4, -0.2) is 37.0 Å². The van der Waals surface area contributed by atoms with Crippen molar-refractivity contribution in [2.45, 2.75) is 18.6 Å². The van der Waals surface area contributed by atoms with Gasteiger partial charge in [0.1, 0.15) is 6.04 Å². The predicted molar refractivity (Wildman–Crippen MR) is 118 cm³/mol. The summed E-state index contributed by atoms with van der Waals surface area (Å²) in [5.41, 5.74) is -0.487. The molecule has 1 unspecified atom stereocenters. The first kappa shape index (κ1) is 23.2. The van der Waals surface area contributed by atoms with Gasteiger partial charge in [-0.3, -0.25) is 9.78 Å². The second kappa shape index (κ2) is 8.31. The molecule has 0 spiro atoms. The highest BCUT2D eigenvalue weighted by Crippen LogP contribution is 2.48. The third-order valence-electron chi connectivity index (χ3n) is 6.34. The van der Waals surface area contributed by atoms with Crippen LogP contribution in [0.25, 0.3) is 5.69 Å². The predicted octanol–water partition coefficient (Wildman–Crippen LogP) is 1.88. The molecule has 1 aromatic heterocycles. The molecule has 0 saturated carbocycles. The van der Waals surface area contributed by atoms with Gasteiger partial charge in [-0.05, 0) is 47.9 Å². The van der Waals surface area contributed by atoms with Crippen LogP contribution in [0.2, 0.25) is 0 Å². The SMILES string of the molecule is COc1c2c(cc3c1[C@@H](c1c([O-])n(-c4cccc(C(F)(F)F)c4)c(=S)[nH]c1=O)[NH+](C)CC3)OCO2. The largest absolute Gasteiger partial charge is 0.859 e. The molecule has 2 aliphatic heterocycles. The summed E-state index contributed by atoms with van der Waals surface area (Å²) in [6.07, 6.45) is -3.99. The molecule has 2 aliphatic rings. The molecule has 3 aromatic rings. The molecule has 0 bridgehead atoms. The Morgan fingerprint density at radius 1 is 1.26 bits per heavy atom. The second-order valence-corrected chi connectivity index (χ2v) is 8.74. The van der Waals surface area contributed by atoms with E-state index in [4.69, 9.17) is 26.4 Å². The number of benzene rings is 2. The lowest BCUT2D eigenvalue weighted by Crippen LogP contribution is -3.10. The number of H-pyrrole nitrogens is 1. The number of rotatable bonds is 3. The Balaban J connectivity index is 1.76. The van der Waals surface area contributed by atoms with Crippen molar-refractivity contribution in [1.29, 1.82) is 0 Å². The zero-order valence-corrected chi connectivity index (χ0v) is 19.4. The normalized spacial score (nSPS) is 18.9. The van der Waals surface area contributed by atoms with Gasteiger partial charge in [0.15, 0.2) is 16.3 Å². The standard InChI is InChI=1S/C23H20F3N3O5S/c1-28-7-6-11-8-14-18(34-10-33-14)19(32-2)15(11)17(28)16-20(30)27-22(35)29(21(16)31)13-5-3-4-12(9-13)23(24,25)26/h3-5,8-9,17,31H,6-7,10H2,1-2H3,(H,27,30,35)/t17-/m0/s1. The van der Waals surface area contributed by atoms with Crippen LogP contribution in [0.1, 0.15) is 28.3 Å².